The molecule has 2 amide bonds. The zero-order valence-corrected chi connectivity index (χ0v) is 19.3. The Morgan fingerprint density at radius 3 is 2.49 bits per heavy atom. The lowest BCUT2D eigenvalue weighted by atomic mass is 10.1. The minimum Gasteiger partial charge on any atom is -0.318 e. The largest absolute Gasteiger partial charge is 0.322 e. The maximum Gasteiger partial charge on any atom is 0.322 e. The van der Waals surface area contributed by atoms with E-state index in [4.69, 9.17) is 4.98 Å². The maximum atomic E-state index is 13.7. The zero-order valence-electron chi connectivity index (χ0n) is 19.3. The number of hydrogen-bond acceptors (Lipinski definition) is 3. The number of para-hydroxylation sites is 1. The number of amides is 2. The smallest absolute Gasteiger partial charge is 0.318 e. The van der Waals surface area contributed by atoms with E-state index in [1.54, 1.807) is 42.8 Å². The van der Waals surface area contributed by atoms with Gasteiger partial charge in [-0.25, -0.2) is 14.2 Å². The van der Waals surface area contributed by atoms with Gasteiger partial charge in [-0.3, -0.25) is 9.36 Å². The van der Waals surface area contributed by atoms with Gasteiger partial charge in [-0.05, 0) is 60.2 Å². The molecule has 0 fully saturated rings. The number of hydrogen-bond donors (Lipinski definition) is 1. The molecule has 4 aromatic carbocycles. The molecule has 0 aliphatic carbocycles. The van der Waals surface area contributed by atoms with E-state index >= 15 is 0 Å². The average molecular weight is 467 g/mol. The molecule has 1 heterocycles. The van der Waals surface area contributed by atoms with Crippen LogP contribution in [0, 0.1) is 5.82 Å². The summed E-state index contributed by atoms with van der Waals surface area (Å²) in [5.74, 6) is -0.0271. The van der Waals surface area contributed by atoms with E-state index in [0.717, 1.165) is 10.8 Å². The summed E-state index contributed by atoms with van der Waals surface area (Å²) in [5, 5.41) is 5.23. The molecule has 1 atom stereocenters. The van der Waals surface area contributed by atoms with Crippen LogP contribution in [0.3, 0.4) is 0 Å². The topological polar surface area (TPSA) is 67.2 Å². The number of benzene rings is 4. The zero-order chi connectivity index (χ0) is 24.5. The Bertz CT molecular complexity index is 1630. The van der Waals surface area contributed by atoms with Crippen molar-refractivity contribution < 1.29 is 9.18 Å². The first kappa shape index (κ1) is 22.3. The standard InChI is InChI=1S/C28H23FN4O2/c1-18(32(2)28(35)30-22-11-7-10-21(29)17-22)26-31-25-13-6-5-12-24(25)27(34)33(26)23-15-14-19-8-3-4-9-20(19)16-23/h3-18H,1-2H3,(H,30,35). The highest BCUT2D eigenvalue weighted by Crippen LogP contribution is 2.25. The minimum absolute atomic E-state index is 0.216. The first-order valence-corrected chi connectivity index (χ1v) is 11.2. The van der Waals surface area contributed by atoms with Gasteiger partial charge in [0.25, 0.3) is 5.56 Å². The van der Waals surface area contributed by atoms with Gasteiger partial charge in [-0.1, -0.05) is 48.5 Å². The summed E-state index contributed by atoms with van der Waals surface area (Å²) in [5.41, 5.74) is 1.34. The molecule has 7 heteroatoms. The lowest BCUT2D eigenvalue weighted by molar-refractivity contribution is 0.205. The van der Waals surface area contributed by atoms with Crippen molar-refractivity contribution in [3.05, 3.63) is 113 Å². The summed E-state index contributed by atoms with van der Waals surface area (Å²) in [6.45, 7) is 1.80. The number of carbonyl (C=O) groups excluding carboxylic acids is 1. The van der Waals surface area contributed by atoms with Crippen molar-refractivity contribution >= 4 is 33.4 Å². The van der Waals surface area contributed by atoms with E-state index in [-0.39, 0.29) is 5.56 Å². The third kappa shape index (κ3) is 4.24. The summed E-state index contributed by atoms with van der Waals surface area (Å²) in [6.07, 6.45) is 0. The number of aromatic nitrogens is 2. The molecule has 0 aliphatic rings. The highest BCUT2D eigenvalue weighted by molar-refractivity contribution is 5.89. The molecule has 5 rings (SSSR count). The van der Waals surface area contributed by atoms with Crippen molar-refractivity contribution in [1.82, 2.24) is 14.5 Å². The molecule has 0 spiro atoms. The summed E-state index contributed by atoms with van der Waals surface area (Å²) in [7, 11) is 1.62. The molecular formula is C28H23FN4O2. The van der Waals surface area contributed by atoms with Crippen LogP contribution in [0.5, 0.6) is 0 Å². The van der Waals surface area contributed by atoms with Crippen LogP contribution in [0.1, 0.15) is 18.8 Å². The summed E-state index contributed by atoms with van der Waals surface area (Å²) >= 11 is 0. The van der Waals surface area contributed by atoms with Gasteiger partial charge in [0, 0.05) is 12.7 Å². The molecule has 0 saturated heterocycles. The van der Waals surface area contributed by atoms with E-state index in [9.17, 15) is 14.0 Å². The second-order valence-electron chi connectivity index (χ2n) is 8.39. The normalized spacial score (nSPS) is 12.0. The van der Waals surface area contributed by atoms with Gasteiger partial charge in [0.2, 0.25) is 0 Å². The van der Waals surface area contributed by atoms with Crippen LogP contribution in [0.15, 0.2) is 95.8 Å². The lowest BCUT2D eigenvalue weighted by Gasteiger charge is -2.27. The van der Waals surface area contributed by atoms with Crippen LogP contribution in [0.2, 0.25) is 0 Å². The first-order chi connectivity index (χ1) is 16.9. The molecule has 1 N–H and O–H groups in total. The fourth-order valence-electron chi connectivity index (χ4n) is 4.12. The number of carbonyl (C=O) groups is 1. The molecule has 174 valence electrons. The Balaban J connectivity index is 1.61. The Labute approximate surface area is 201 Å². The summed E-state index contributed by atoms with van der Waals surface area (Å²) in [6, 6.07) is 25.5. The van der Waals surface area contributed by atoms with Gasteiger partial charge >= 0.3 is 6.03 Å². The Morgan fingerprint density at radius 1 is 0.943 bits per heavy atom. The molecule has 0 bridgehead atoms. The van der Waals surface area contributed by atoms with Crippen molar-refractivity contribution in [1.29, 1.82) is 0 Å². The van der Waals surface area contributed by atoms with Crippen LogP contribution in [0.4, 0.5) is 14.9 Å². The van der Waals surface area contributed by atoms with Crippen LogP contribution in [0.25, 0.3) is 27.4 Å². The van der Waals surface area contributed by atoms with Crippen LogP contribution >= 0.6 is 0 Å². The lowest BCUT2D eigenvalue weighted by Crippen LogP contribution is -2.37. The first-order valence-electron chi connectivity index (χ1n) is 11.2. The van der Waals surface area contributed by atoms with Gasteiger partial charge in [-0.15, -0.1) is 0 Å². The third-order valence-corrected chi connectivity index (χ3v) is 6.14. The Morgan fingerprint density at radius 2 is 1.69 bits per heavy atom. The van der Waals surface area contributed by atoms with Gasteiger partial charge in [0.15, 0.2) is 0 Å². The molecular weight excluding hydrogens is 443 g/mol. The van der Waals surface area contributed by atoms with Crippen LogP contribution in [-0.4, -0.2) is 27.5 Å². The van der Waals surface area contributed by atoms with E-state index in [1.807, 2.05) is 48.5 Å². The van der Waals surface area contributed by atoms with E-state index in [1.165, 1.54) is 23.1 Å². The summed E-state index contributed by atoms with van der Waals surface area (Å²) in [4.78, 5) is 32.9. The second kappa shape index (κ2) is 9.02. The fourth-order valence-corrected chi connectivity index (χ4v) is 4.12. The number of nitrogens with zero attached hydrogens (tertiary/aromatic N) is 3. The SMILES string of the molecule is CC(c1nc2ccccc2c(=O)n1-c1ccc2ccccc2c1)N(C)C(=O)Nc1cccc(F)c1. The van der Waals surface area contributed by atoms with Crippen LogP contribution in [-0.2, 0) is 0 Å². The average Bonchev–Trinajstić information content (AvgIpc) is 2.87. The van der Waals surface area contributed by atoms with E-state index in [2.05, 4.69) is 5.32 Å². The highest BCUT2D eigenvalue weighted by atomic mass is 19.1. The highest BCUT2D eigenvalue weighted by Gasteiger charge is 2.24. The van der Waals surface area contributed by atoms with Crippen molar-refractivity contribution in [3.8, 4) is 5.69 Å². The minimum atomic E-state index is -0.577. The predicted octanol–water partition coefficient (Wildman–Crippen LogP) is 5.90. The molecule has 1 unspecified atom stereocenters. The molecule has 5 aromatic rings. The molecule has 0 saturated carbocycles. The maximum absolute atomic E-state index is 13.7. The predicted molar refractivity (Wildman–Crippen MR) is 136 cm³/mol. The van der Waals surface area contributed by atoms with E-state index in [0.29, 0.717) is 28.1 Å². The number of rotatable bonds is 4. The number of anilines is 1. The van der Waals surface area contributed by atoms with Crippen molar-refractivity contribution in [2.24, 2.45) is 0 Å². The molecule has 6 nitrogen and oxygen atoms in total. The summed E-state index contributed by atoms with van der Waals surface area (Å²) < 4.78 is 15.1. The second-order valence-corrected chi connectivity index (χ2v) is 8.39. The molecule has 0 radical (unpaired) electrons. The monoisotopic (exact) mass is 466 g/mol. The van der Waals surface area contributed by atoms with Gasteiger partial charge in [0.05, 0.1) is 22.6 Å². The number of nitrogens with one attached hydrogen (secondary N) is 1. The number of halogens is 1. The Kier molecular flexibility index (Phi) is 5.74. The van der Waals surface area contributed by atoms with Gasteiger partial charge in [0.1, 0.15) is 11.6 Å². The molecule has 1 aromatic heterocycles. The number of urea groups is 1. The number of fused-ring (bicyclic) bond motifs is 2. The molecule has 35 heavy (non-hydrogen) atoms. The van der Waals surface area contributed by atoms with Gasteiger partial charge in [-0.2, -0.15) is 0 Å². The Hall–Kier alpha value is -4.52. The van der Waals surface area contributed by atoms with Gasteiger partial charge < -0.3 is 10.2 Å². The quantitative estimate of drug-likeness (QED) is 0.358. The van der Waals surface area contributed by atoms with Crippen molar-refractivity contribution in [2.45, 2.75) is 13.0 Å². The third-order valence-electron chi connectivity index (χ3n) is 6.14. The van der Waals surface area contributed by atoms with Crippen molar-refractivity contribution in [3.63, 3.8) is 0 Å². The van der Waals surface area contributed by atoms with Crippen molar-refractivity contribution in [2.75, 3.05) is 12.4 Å². The van der Waals surface area contributed by atoms with E-state index < -0.39 is 17.9 Å². The molecule has 0 aliphatic heterocycles. The van der Waals surface area contributed by atoms with Crippen LogP contribution < -0.4 is 10.9 Å². The fraction of sp³-hybridized carbons (Fsp3) is 0.107.